The van der Waals surface area contributed by atoms with Gasteiger partial charge in [-0.15, -0.1) is 0 Å². The molecule has 1 aromatic heterocycles. The molecule has 0 aliphatic carbocycles. The van der Waals surface area contributed by atoms with E-state index in [1.807, 2.05) is 26.8 Å². The highest BCUT2D eigenvalue weighted by Gasteiger charge is 2.13. The number of hydrogen-bond acceptors (Lipinski definition) is 4. The lowest BCUT2D eigenvalue weighted by Crippen LogP contribution is -2.03. The van der Waals surface area contributed by atoms with E-state index in [-0.39, 0.29) is 17.5 Å². The lowest BCUT2D eigenvalue weighted by Gasteiger charge is -2.11. The standard InChI is InChI=1S/C16H18N2O3/c1-9(2)13-8-10(3)17-16(18-13)21-14-7-5-6-12(11(14)4)15(19)20/h5-9H,1-4H3,(H,19,20). The van der Waals surface area contributed by atoms with Crippen LogP contribution in [0.5, 0.6) is 11.8 Å². The molecule has 1 N–H and O–H groups in total. The van der Waals surface area contributed by atoms with Crippen molar-refractivity contribution in [1.82, 2.24) is 9.97 Å². The Morgan fingerprint density at radius 3 is 2.57 bits per heavy atom. The van der Waals surface area contributed by atoms with Gasteiger partial charge >= 0.3 is 12.0 Å². The summed E-state index contributed by atoms with van der Waals surface area (Å²) in [5, 5.41) is 9.13. The minimum atomic E-state index is -0.981. The number of aryl methyl sites for hydroxylation is 1. The Kier molecular flexibility index (Phi) is 4.21. The second-order valence-electron chi connectivity index (χ2n) is 5.21. The number of carbonyl (C=O) groups is 1. The van der Waals surface area contributed by atoms with Gasteiger partial charge in [-0.05, 0) is 38.0 Å². The summed E-state index contributed by atoms with van der Waals surface area (Å²) < 4.78 is 5.69. The van der Waals surface area contributed by atoms with Gasteiger partial charge in [0.25, 0.3) is 0 Å². The summed E-state index contributed by atoms with van der Waals surface area (Å²) in [6.45, 7) is 7.67. The molecule has 0 atom stereocenters. The molecule has 0 amide bonds. The van der Waals surface area contributed by atoms with Crippen LogP contribution >= 0.6 is 0 Å². The first-order valence-corrected chi connectivity index (χ1v) is 6.75. The first-order chi connectivity index (χ1) is 9.88. The Labute approximate surface area is 123 Å². The molecule has 0 radical (unpaired) electrons. The van der Waals surface area contributed by atoms with E-state index < -0.39 is 5.97 Å². The molecule has 1 aromatic carbocycles. The lowest BCUT2D eigenvalue weighted by atomic mass is 10.1. The second kappa shape index (κ2) is 5.91. The van der Waals surface area contributed by atoms with Gasteiger partial charge in [0, 0.05) is 11.3 Å². The Balaban J connectivity index is 2.39. The second-order valence-corrected chi connectivity index (χ2v) is 5.21. The summed E-state index contributed by atoms with van der Waals surface area (Å²) in [6, 6.07) is 7.05. The van der Waals surface area contributed by atoms with Crippen molar-refractivity contribution in [3.05, 3.63) is 46.8 Å². The fourth-order valence-corrected chi connectivity index (χ4v) is 1.96. The number of hydrogen-bond donors (Lipinski definition) is 1. The molecule has 110 valence electrons. The Bertz CT molecular complexity index is 681. The zero-order chi connectivity index (χ0) is 15.6. The van der Waals surface area contributed by atoms with Crippen molar-refractivity contribution < 1.29 is 14.6 Å². The minimum Gasteiger partial charge on any atom is -0.478 e. The van der Waals surface area contributed by atoms with E-state index in [4.69, 9.17) is 9.84 Å². The number of aromatic nitrogens is 2. The molecule has 2 rings (SSSR count). The van der Waals surface area contributed by atoms with Crippen molar-refractivity contribution in [2.45, 2.75) is 33.6 Å². The van der Waals surface area contributed by atoms with Crippen LogP contribution in [0.1, 0.15) is 47.1 Å². The van der Waals surface area contributed by atoms with Gasteiger partial charge < -0.3 is 9.84 Å². The average molecular weight is 286 g/mol. The largest absolute Gasteiger partial charge is 0.478 e. The summed E-state index contributed by atoms with van der Waals surface area (Å²) in [4.78, 5) is 19.7. The maximum absolute atomic E-state index is 11.1. The number of rotatable bonds is 4. The van der Waals surface area contributed by atoms with Gasteiger partial charge in [0.15, 0.2) is 0 Å². The van der Waals surface area contributed by atoms with E-state index in [1.54, 1.807) is 25.1 Å². The molecule has 0 bridgehead atoms. The number of aromatic carboxylic acids is 1. The number of carboxylic acids is 1. The fourth-order valence-electron chi connectivity index (χ4n) is 1.96. The van der Waals surface area contributed by atoms with Gasteiger partial charge in [-0.1, -0.05) is 19.9 Å². The molecule has 0 unspecified atom stereocenters. The van der Waals surface area contributed by atoms with Crippen LogP contribution in [0.25, 0.3) is 0 Å². The van der Waals surface area contributed by atoms with Gasteiger partial charge in [-0.2, -0.15) is 4.98 Å². The average Bonchev–Trinajstić information content (AvgIpc) is 2.40. The summed E-state index contributed by atoms with van der Waals surface area (Å²) >= 11 is 0. The van der Waals surface area contributed by atoms with E-state index in [1.165, 1.54) is 0 Å². The van der Waals surface area contributed by atoms with E-state index >= 15 is 0 Å². The Hall–Kier alpha value is -2.43. The van der Waals surface area contributed by atoms with Crippen LogP contribution in [-0.2, 0) is 0 Å². The summed E-state index contributed by atoms with van der Waals surface area (Å²) in [7, 11) is 0. The van der Waals surface area contributed by atoms with Crippen molar-refractivity contribution >= 4 is 5.97 Å². The normalized spacial score (nSPS) is 10.7. The van der Waals surface area contributed by atoms with Gasteiger partial charge in [-0.3, -0.25) is 0 Å². The topological polar surface area (TPSA) is 72.3 Å². The van der Waals surface area contributed by atoms with E-state index in [0.29, 0.717) is 11.3 Å². The monoisotopic (exact) mass is 286 g/mol. The van der Waals surface area contributed by atoms with Crippen molar-refractivity contribution in [1.29, 1.82) is 0 Å². The maximum Gasteiger partial charge on any atom is 0.336 e. The molecule has 0 fully saturated rings. The molecule has 2 aromatic rings. The third-order valence-corrected chi connectivity index (χ3v) is 3.16. The highest BCUT2D eigenvalue weighted by Crippen LogP contribution is 2.26. The van der Waals surface area contributed by atoms with Gasteiger partial charge in [0.2, 0.25) is 0 Å². The van der Waals surface area contributed by atoms with Crippen molar-refractivity contribution in [3.63, 3.8) is 0 Å². The van der Waals surface area contributed by atoms with Crippen LogP contribution < -0.4 is 4.74 Å². The van der Waals surface area contributed by atoms with Crippen molar-refractivity contribution in [2.24, 2.45) is 0 Å². The number of ether oxygens (including phenoxy) is 1. The molecule has 0 saturated heterocycles. The van der Waals surface area contributed by atoms with E-state index in [2.05, 4.69) is 9.97 Å². The van der Waals surface area contributed by atoms with Gasteiger partial charge in [0.1, 0.15) is 5.75 Å². The summed E-state index contributed by atoms with van der Waals surface area (Å²) in [5.74, 6) is -0.262. The lowest BCUT2D eigenvalue weighted by molar-refractivity contribution is 0.0695. The van der Waals surface area contributed by atoms with Gasteiger partial charge in [-0.25, -0.2) is 9.78 Å². The number of nitrogens with zero attached hydrogens (tertiary/aromatic N) is 2. The summed E-state index contributed by atoms with van der Waals surface area (Å²) in [6.07, 6.45) is 0. The van der Waals surface area contributed by atoms with Crippen LogP contribution in [0.3, 0.4) is 0 Å². The predicted molar refractivity (Wildman–Crippen MR) is 79.1 cm³/mol. The van der Waals surface area contributed by atoms with Gasteiger partial charge in [0.05, 0.1) is 11.3 Å². The SMILES string of the molecule is Cc1cc(C(C)C)nc(Oc2cccc(C(=O)O)c2C)n1. The molecular weight excluding hydrogens is 268 g/mol. The van der Waals surface area contributed by atoms with Crippen molar-refractivity contribution in [3.8, 4) is 11.8 Å². The Morgan fingerprint density at radius 1 is 1.24 bits per heavy atom. The third kappa shape index (κ3) is 3.37. The maximum atomic E-state index is 11.1. The fraction of sp³-hybridized carbons (Fsp3) is 0.312. The summed E-state index contributed by atoms with van der Waals surface area (Å²) in [5.41, 5.74) is 2.48. The first kappa shape index (κ1) is 15.0. The smallest absolute Gasteiger partial charge is 0.336 e. The Morgan fingerprint density at radius 2 is 1.95 bits per heavy atom. The zero-order valence-corrected chi connectivity index (χ0v) is 12.5. The van der Waals surface area contributed by atoms with E-state index in [9.17, 15) is 4.79 Å². The molecule has 0 saturated carbocycles. The predicted octanol–water partition coefficient (Wildman–Crippen LogP) is 3.71. The molecule has 1 heterocycles. The first-order valence-electron chi connectivity index (χ1n) is 6.75. The van der Waals surface area contributed by atoms with Crippen LogP contribution in [0, 0.1) is 13.8 Å². The molecule has 0 aliphatic rings. The van der Waals surface area contributed by atoms with Crippen molar-refractivity contribution in [2.75, 3.05) is 0 Å². The molecule has 5 nitrogen and oxygen atoms in total. The zero-order valence-electron chi connectivity index (χ0n) is 12.5. The van der Waals surface area contributed by atoms with Crippen LogP contribution in [0.2, 0.25) is 0 Å². The molecular formula is C16H18N2O3. The molecule has 5 heteroatoms. The van der Waals surface area contributed by atoms with E-state index in [0.717, 1.165) is 11.4 Å². The number of benzene rings is 1. The highest BCUT2D eigenvalue weighted by atomic mass is 16.5. The minimum absolute atomic E-state index is 0.212. The third-order valence-electron chi connectivity index (χ3n) is 3.16. The molecule has 0 aliphatic heterocycles. The van der Waals surface area contributed by atoms with Crippen LogP contribution in [0.4, 0.5) is 0 Å². The van der Waals surface area contributed by atoms with Crippen LogP contribution in [-0.4, -0.2) is 21.0 Å². The molecule has 0 spiro atoms. The highest BCUT2D eigenvalue weighted by molar-refractivity contribution is 5.90. The van der Waals surface area contributed by atoms with Crippen LogP contribution in [0.15, 0.2) is 24.3 Å². The number of carboxylic acid groups (broad SMARTS) is 1. The molecule has 21 heavy (non-hydrogen) atoms. The quantitative estimate of drug-likeness (QED) is 0.927.